The Bertz CT molecular complexity index is 696. The van der Waals surface area contributed by atoms with Gasteiger partial charge in [-0.05, 0) is 35.4 Å². The lowest BCUT2D eigenvalue weighted by Crippen LogP contribution is -2.10. The van der Waals surface area contributed by atoms with Crippen LogP contribution in [0.3, 0.4) is 0 Å². The minimum atomic E-state index is -0.466. The van der Waals surface area contributed by atoms with Crippen LogP contribution in [0.4, 0.5) is 4.39 Å². The Morgan fingerprint density at radius 2 is 1.75 bits per heavy atom. The van der Waals surface area contributed by atoms with Gasteiger partial charge in [-0.15, -0.1) is 11.8 Å². The van der Waals surface area contributed by atoms with Crippen molar-refractivity contribution in [1.29, 1.82) is 0 Å². The van der Waals surface area contributed by atoms with Crippen LogP contribution in [0.25, 0.3) is 0 Å². The lowest BCUT2D eigenvalue weighted by molar-refractivity contribution is -0.136. The molecular weight excluding hydrogens is 327 g/mol. The van der Waals surface area contributed by atoms with E-state index >= 15 is 0 Å². The molecule has 0 spiro atoms. The lowest BCUT2D eigenvalue weighted by Gasteiger charge is -2.18. The first-order valence-electron chi connectivity index (χ1n) is 7.32. The van der Waals surface area contributed by atoms with Gasteiger partial charge in [0.05, 0.1) is 19.5 Å². The van der Waals surface area contributed by atoms with E-state index in [2.05, 4.69) is 6.58 Å². The molecule has 0 amide bonds. The van der Waals surface area contributed by atoms with E-state index < -0.39 is 5.97 Å². The Morgan fingerprint density at radius 1 is 1.12 bits per heavy atom. The summed E-state index contributed by atoms with van der Waals surface area (Å²) in [4.78, 5) is 11.9. The molecule has 2 aromatic carbocycles. The van der Waals surface area contributed by atoms with Gasteiger partial charge in [0.15, 0.2) is 0 Å². The predicted octanol–water partition coefficient (Wildman–Crippen LogP) is 4.54. The van der Waals surface area contributed by atoms with Crippen molar-refractivity contribution in [3.63, 3.8) is 0 Å². The molecule has 0 heterocycles. The molecule has 2 aromatic rings. The third kappa shape index (κ3) is 4.61. The molecule has 0 unspecified atom stereocenters. The number of ether oxygens (including phenoxy) is 2. The highest BCUT2D eigenvalue weighted by Crippen LogP contribution is 2.37. The van der Waals surface area contributed by atoms with Crippen molar-refractivity contribution in [3.05, 3.63) is 77.6 Å². The van der Waals surface area contributed by atoms with E-state index in [9.17, 15) is 9.18 Å². The van der Waals surface area contributed by atoms with Gasteiger partial charge in [0, 0.05) is 11.3 Å². The van der Waals surface area contributed by atoms with Gasteiger partial charge in [-0.3, -0.25) is 0 Å². The monoisotopic (exact) mass is 346 g/mol. The highest BCUT2D eigenvalue weighted by Gasteiger charge is 2.22. The number of methoxy groups -OCH3 is 2. The predicted molar refractivity (Wildman–Crippen MR) is 94.6 cm³/mol. The third-order valence-corrected chi connectivity index (χ3v) is 4.90. The Hall–Kier alpha value is -2.27. The van der Waals surface area contributed by atoms with Crippen LogP contribution in [-0.2, 0) is 15.3 Å². The van der Waals surface area contributed by atoms with Gasteiger partial charge in [0.2, 0.25) is 0 Å². The molecule has 0 bridgehead atoms. The molecule has 1 atom stereocenters. The lowest BCUT2D eigenvalue weighted by atomic mass is 10.1. The number of hydrogen-bond acceptors (Lipinski definition) is 4. The van der Waals surface area contributed by atoms with Crippen molar-refractivity contribution < 1.29 is 18.7 Å². The quantitative estimate of drug-likeness (QED) is 0.545. The van der Waals surface area contributed by atoms with E-state index in [-0.39, 0.29) is 11.1 Å². The summed E-state index contributed by atoms with van der Waals surface area (Å²) < 4.78 is 23.1. The van der Waals surface area contributed by atoms with Gasteiger partial charge >= 0.3 is 5.97 Å². The second kappa shape index (κ2) is 8.55. The summed E-state index contributed by atoms with van der Waals surface area (Å²) in [5.74, 6) is 0.674. The van der Waals surface area contributed by atoms with Gasteiger partial charge in [0.25, 0.3) is 0 Å². The number of hydrogen-bond donors (Lipinski definition) is 0. The van der Waals surface area contributed by atoms with Crippen LogP contribution in [0.1, 0.15) is 16.4 Å². The topological polar surface area (TPSA) is 35.5 Å². The zero-order valence-corrected chi connectivity index (χ0v) is 14.4. The van der Waals surface area contributed by atoms with Crippen LogP contribution in [0.15, 0.2) is 60.7 Å². The fraction of sp³-hybridized carbons (Fsp3) is 0.211. The number of halogens is 1. The maximum Gasteiger partial charge on any atom is 0.334 e. The Balaban J connectivity index is 2.17. The van der Waals surface area contributed by atoms with Crippen molar-refractivity contribution in [3.8, 4) is 5.75 Å². The summed E-state index contributed by atoms with van der Waals surface area (Å²) in [5, 5.41) is -0.305. The molecule has 0 saturated carbocycles. The zero-order chi connectivity index (χ0) is 17.5. The van der Waals surface area contributed by atoms with E-state index in [0.717, 1.165) is 16.9 Å². The first kappa shape index (κ1) is 18.1. The Kier molecular flexibility index (Phi) is 6.44. The number of benzene rings is 2. The molecule has 3 nitrogen and oxygen atoms in total. The van der Waals surface area contributed by atoms with Crippen LogP contribution in [0.5, 0.6) is 5.75 Å². The highest BCUT2D eigenvalue weighted by atomic mass is 32.2. The molecule has 0 aromatic heterocycles. The van der Waals surface area contributed by atoms with Crippen LogP contribution >= 0.6 is 11.8 Å². The van der Waals surface area contributed by atoms with Crippen molar-refractivity contribution in [2.24, 2.45) is 0 Å². The molecule has 0 aliphatic carbocycles. The summed E-state index contributed by atoms with van der Waals surface area (Å²) in [6.45, 7) is 3.86. The third-order valence-electron chi connectivity index (χ3n) is 3.51. The highest BCUT2D eigenvalue weighted by molar-refractivity contribution is 7.99. The van der Waals surface area contributed by atoms with Crippen LogP contribution in [0.2, 0.25) is 0 Å². The summed E-state index contributed by atoms with van der Waals surface area (Å²) in [6, 6.07) is 13.8. The number of carbonyl (C=O) groups is 1. The molecule has 0 radical (unpaired) electrons. The largest absolute Gasteiger partial charge is 0.497 e. The first-order chi connectivity index (χ1) is 11.5. The smallest absolute Gasteiger partial charge is 0.334 e. The molecule has 0 fully saturated rings. The van der Waals surface area contributed by atoms with E-state index in [1.165, 1.54) is 31.0 Å². The van der Waals surface area contributed by atoms with Crippen molar-refractivity contribution in [2.45, 2.75) is 11.0 Å². The first-order valence-corrected chi connectivity index (χ1v) is 8.37. The molecule has 0 saturated heterocycles. The maximum absolute atomic E-state index is 13.2. The van der Waals surface area contributed by atoms with E-state index in [4.69, 9.17) is 9.47 Å². The van der Waals surface area contributed by atoms with E-state index in [0.29, 0.717) is 11.3 Å². The standard InChI is InChI=1S/C19H19FO3S/c1-13(19(21)23-3)18(15-6-8-16(20)9-7-15)24-12-14-4-10-17(22-2)11-5-14/h4-11,18H,1,12H2,2-3H3/t18-/m1/s1. The zero-order valence-electron chi connectivity index (χ0n) is 13.6. The Labute approximate surface area is 145 Å². The normalized spacial score (nSPS) is 11.6. The maximum atomic E-state index is 13.2. The average molecular weight is 346 g/mol. The van der Waals surface area contributed by atoms with Crippen molar-refractivity contribution in [1.82, 2.24) is 0 Å². The molecule has 2 rings (SSSR count). The van der Waals surface area contributed by atoms with Crippen LogP contribution in [-0.4, -0.2) is 20.2 Å². The number of carbonyl (C=O) groups excluding carboxylic acids is 1. The van der Waals surface area contributed by atoms with Crippen molar-refractivity contribution >= 4 is 17.7 Å². The van der Waals surface area contributed by atoms with Gasteiger partial charge < -0.3 is 9.47 Å². The van der Waals surface area contributed by atoms with Gasteiger partial charge in [-0.25, -0.2) is 9.18 Å². The summed E-state index contributed by atoms with van der Waals surface area (Å²) in [6.07, 6.45) is 0. The minimum Gasteiger partial charge on any atom is -0.497 e. The van der Waals surface area contributed by atoms with Crippen molar-refractivity contribution in [2.75, 3.05) is 14.2 Å². The molecule has 126 valence electrons. The van der Waals surface area contributed by atoms with Crippen LogP contribution in [0, 0.1) is 5.82 Å². The number of esters is 1. The van der Waals surface area contributed by atoms with Gasteiger partial charge in [-0.1, -0.05) is 30.8 Å². The molecule has 0 N–H and O–H groups in total. The van der Waals surface area contributed by atoms with Gasteiger partial charge in [0.1, 0.15) is 11.6 Å². The molecule has 24 heavy (non-hydrogen) atoms. The second-order valence-corrected chi connectivity index (χ2v) is 6.20. The summed E-state index contributed by atoms with van der Waals surface area (Å²) in [5.41, 5.74) is 2.23. The number of thioether (sulfide) groups is 1. The van der Waals surface area contributed by atoms with Crippen LogP contribution < -0.4 is 4.74 Å². The number of rotatable bonds is 7. The summed E-state index contributed by atoms with van der Waals surface area (Å²) in [7, 11) is 2.94. The second-order valence-electron chi connectivity index (χ2n) is 5.11. The fourth-order valence-electron chi connectivity index (χ4n) is 2.18. The molecule has 0 aliphatic heterocycles. The molecular formula is C19H19FO3S. The Morgan fingerprint density at radius 3 is 2.29 bits per heavy atom. The molecule has 5 heteroatoms. The SMILES string of the molecule is C=C(C(=O)OC)[C@@H](SCc1ccc(OC)cc1)c1ccc(F)cc1. The fourth-order valence-corrected chi connectivity index (χ4v) is 3.37. The summed E-state index contributed by atoms with van der Waals surface area (Å²) >= 11 is 1.54. The molecule has 0 aliphatic rings. The minimum absolute atomic E-state index is 0.305. The van der Waals surface area contributed by atoms with Gasteiger partial charge in [-0.2, -0.15) is 0 Å². The average Bonchev–Trinajstić information content (AvgIpc) is 2.62. The van der Waals surface area contributed by atoms with E-state index in [1.807, 2.05) is 24.3 Å². The van der Waals surface area contributed by atoms with E-state index in [1.54, 1.807) is 19.2 Å².